The van der Waals surface area contributed by atoms with Crippen LogP contribution in [0.1, 0.15) is 28.6 Å². The van der Waals surface area contributed by atoms with E-state index >= 15 is 0 Å². The molecular formula is C22H20N2O4S2. The lowest BCUT2D eigenvalue weighted by Crippen LogP contribution is -2.30. The van der Waals surface area contributed by atoms with Crippen molar-refractivity contribution in [2.24, 2.45) is 0 Å². The molecule has 0 atom stereocenters. The normalized spacial score (nSPS) is 11.7. The highest BCUT2D eigenvalue weighted by Gasteiger charge is 2.24. The SMILES string of the molecule is CCc1ccc2nc(N(Cc3ccco3)C(=O)c3cccc(S(C)(=O)=O)c3)sc2c1. The molecule has 1 amide bonds. The van der Waals surface area contributed by atoms with Gasteiger partial charge in [0.1, 0.15) is 5.76 Å². The molecule has 0 fully saturated rings. The van der Waals surface area contributed by atoms with E-state index in [0.29, 0.717) is 10.9 Å². The van der Waals surface area contributed by atoms with Gasteiger partial charge in [-0.2, -0.15) is 0 Å². The molecule has 4 aromatic rings. The molecule has 0 saturated carbocycles. The van der Waals surface area contributed by atoms with Gasteiger partial charge >= 0.3 is 0 Å². The number of furan rings is 1. The molecule has 30 heavy (non-hydrogen) atoms. The largest absolute Gasteiger partial charge is 0.467 e. The minimum Gasteiger partial charge on any atom is -0.467 e. The number of amides is 1. The van der Waals surface area contributed by atoms with Crippen molar-refractivity contribution in [3.8, 4) is 0 Å². The highest BCUT2D eigenvalue weighted by molar-refractivity contribution is 7.90. The number of hydrogen-bond donors (Lipinski definition) is 0. The molecule has 4 rings (SSSR count). The first-order valence-electron chi connectivity index (χ1n) is 9.39. The van der Waals surface area contributed by atoms with Crippen molar-refractivity contribution in [1.29, 1.82) is 0 Å². The molecule has 0 aliphatic heterocycles. The number of aryl methyl sites for hydroxylation is 1. The number of thiazole rings is 1. The van der Waals surface area contributed by atoms with Crippen LogP contribution in [-0.4, -0.2) is 25.6 Å². The number of sulfone groups is 1. The topological polar surface area (TPSA) is 80.5 Å². The summed E-state index contributed by atoms with van der Waals surface area (Å²) in [5, 5.41) is 0.532. The van der Waals surface area contributed by atoms with Gasteiger partial charge in [-0.05, 0) is 54.4 Å². The molecule has 0 N–H and O–H groups in total. The Bertz CT molecular complexity index is 1310. The van der Waals surface area contributed by atoms with Crippen molar-refractivity contribution in [3.05, 3.63) is 77.7 Å². The lowest BCUT2D eigenvalue weighted by atomic mass is 10.2. The summed E-state index contributed by atoms with van der Waals surface area (Å²) in [6.45, 7) is 2.28. The number of fused-ring (bicyclic) bond motifs is 1. The van der Waals surface area contributed by atoms with Gasteiger partial charge in [-0.15, -0.1) is 0 Å². The summed E-state index contributed by atoms with van der Waals surface area (Å²) in [5.74, 6) is 0.266. The monoisotopic (exact) mass is 440 g/mol. The zero-order valence-corrected chi connectivity index (χ0v) is 18.2. The summed E-state index contributed by atoms with van der Waals surface area (Å²) in [6, 6.07) is 15.7. The molecule has 0 aliphatic rings. The molecule has 0 unspecified atom stereocenters. The Morgan fingerprint density at radius 1 is 1.13 bits per heavy atom. The quantitative estimate of drug-likeness (QED) is 0.434. The maximum Gasteiger partial charge on any atom is 0.260 e. The van der Waals surface area contributed by atoms with Crippen LogP contribution in [0.3, 0.4) is 0 Å². The number of carbonyl (C=O) groups is 1. The van der Waals surface area contributed by atoms with Gasteiger partial charge in [-0.3, -0.25) is 9.69 Å². The van der Waals surface area contributed by atoms with E-state index in [0.717, 1.165) is 22.9 Å². The fourth-order valence-electron chi connectivity index (χ4n) is 3.09. The van der Waals surface area contributed by atoms with Gasteiger partial charge in [0, 0.05) is 11.8 Å². The Hall–Kier alpha value is -2.97. The Labute approximate surface area is 178 Å². The van der Waals surface area contributed by atoms with E-state index in [1.165, 1.54) is 33.9 Å². The standard InChI is InChI=1S/C22H20N2O4S2/c1-3-15-9-10-19-20(12-15)29-22(23-19)24(14-17-7-5-11-28-17)21(25)16-6-4-8-18(13-16)30(2,26)27/h4-13H,3,14H2,1-2H3. The maximum absolute atomic E-state index is 13.4. The fourth-order valence-corrected chi connectivity index (χ4v) is 4.79. The highest BCUT2D eigenvalue weighted by Crippen LogP contribution is 2.32. The summed E-state index contributed by atoms with van der Waals surface area (Å²) in [7, 11) is -3.43. The minimum absolute atomic E-state index is 0.100. The van der Waals surface area contributed by atoms with Crippen LogP contribution in [0.4, 0.5) is 5.13 Å². The predicted molar refractivity (Wildman–Crippen MR) is 118 cm³/mol. The molecule has 0 spiro atoms. The average Bonchev–Trinajstić information content (AvgIpc) is 3.39. The molecule has 8 heteroatoms. The molecule has 0 saturated heterocycles. The summed E-state index contributed by atoms with van der Waals surface area (Å²) in [4.78, 5) is 19.7. The Kier molecular flexibility index (Phi) is 5.44. The molecule has 154 valence electrons. The zero-order valence-electron chi connectivity index (χ0n) is 16.5. The van der Waals surface area contributed by atoms with E-state index in [-0.39, 0.29) is 22.9 Å². The number of carbonyl (C=O) groups excluding carboxylic acids is 1. The Morgan fingerprint density at radius 3 is 2.67 bits per heavy atom. The van der Waals surface area contributed by atoms with Crippen LogP contribution < -0.4 is 4.90 Å². The van der Waals surface area contributed by atoms with Gasteiger partial charge in [-0.1, -0.05) is 30.4 Å². The third-order valence-electron chi connectivity index (χ3n) is 4.73. The fraction of sp³-hybridized carbons (Fsp3) is 0.182. The molecule has 0 radical (unpaired) electrons. The molecule has 0 bridgehead atoms. The van der Waals surface area contributed by atoms with E-state index in [1.807, 2.05) is 12.1 Å². The minimum atomic E-state index is -3.43. The van der Waals surface area contributed by atoms with Crippen molar-refractivity contribution >= 4 is 42.4 Å². The lowest BCUT2D eigenvalue weighted by molar-refractivity contribution is 0.0983. The Morgan fingerprint density at radius 2 is 1.97 bits per heavy atom. The van der Waals surface area contributed by atoms with Crippen LogP contribution in [0, 0.1) is 0 Å². The predicted octanol–water partition coefficient (Wildman–Crippen LogP) is 4.70. The molecule has 2 aromatic heterocycles. The van der Waals surface area contributed by atoms with Crippen molar-refractivity contribution < 1.29 is 17.6 Å². The summed E-state index contributed by atoms with van der Waals surface area (Å²) >= 11 is 1.42. The molecule has 2 aromatic carbocycles. The van der Waals surface area contributed by atoms with Crippen molar-refractivity contribution in [3.63, 3.8) is 0 Å². The third kappa shape index (κ3) is 4.15. The second-order valence-electron chi connectivity index (χ2n) is 6.92. The second kappa shape index (κ2) is 8.04. The number of rotatable bonds is 6. The molecule has 0 aliphatic carbocycles. The van der Waals surface area contributed by atoms with Crippen molar-refractivity contribution in [1.82, 2.24) is 4.98 Å². The first kappa shape index (κ1) is 20.3. The van der Waals surface area contributed by atoms with Crippen LogP contribution in [0.2, 0.25) is 0 Å². The number of anilines is 1. The summed E-state index contributed by atoms with van der Waals surface area (Å²) in [6.07, 6.45) is 3.58. The zero-order chi connectivity index (χ0) is 21.3. The van der Waals surface area contributed by atoms with E-state index < -0.39 is 9.84 Å². The first-order chi connectivity index (χ1) is 14.3. The van der Waals surface area contributed by atoms with E-state index in [1.54, 1.807) is 30.5 Å². The maximum atomic E-state index is 13.4. The molecule has 2 heterocycles. The second-order valence-corrected chi connectivity index (χ2v) is 9.95. The summed E-state index contributed by atoms with van der Waals surface area (Å²) in [5.41, 5.74) is 2.29. The molecular weight excluding hydrogens is 420 g/mol. The van der Waals surface area contributed by atoms with Gasteiger partial charge in [0.2, 0.25) is 0 Å². The van der Waals surface area contributed by atoms with Crippen LogP contribution in [0.25, 0.3) is 10.2 Å². The van der Waals surface area contributed by atoms with Crippen LogP contribution in [0.5, 0.6) is 0 Å². The van der Waals surface area contributed by atoms with E-state index in [2.05, 4.69) is 18.0 Å². The van der Waals surface area contributed by atoms with E-state index in [9.17, 15) is 13.2 Å². The van der Waals surface area contributed by atoms with Crippen LogP contribution in [0.15, 0.2) is 70.2 Å². The Balaban J connectivity index is 1.78. The van der Waals surface area contributed by atoms with Crippen molar-refractivity contribution in [2.75, 3.05) is 11.2 Å². The van der Waals surface area contributed by atoms with Crippen LogP contribution in [-0.2, 0) is 22.8 Å². The van der Waals surface area contributed by atoms with Crippen LogP contribution >= 0.6 is 11.3 Å². The number of nitrogens with zero attached hydrogens (tertiary/aromatic N) is 2. The lowest BCUT2D eigenvalue weighted by Gasteiger charge is -2.19. The first-order valence-corrected chi connectivity index (χ1v) is 12.1. The summed E-state index contributed by atoms with van der Waals surface area (Å²) < 4.78 is 30.3. The van der Waals surface area contributed by atoms with Crippen molar-refractivity contribution in [2.45, 2.75) is 24.8 Å². The number of aromatic nitrogens is 1. The van der Waals surface area contributed by atoms with E-state index in [4.69, 9.17) is 4.42 Å². The number of hydrogen-bond acceptors (Lipinski definition) is 6. The highest BCUT2D eigenvalue weighted by atomic mass is 32.2. The molecule has 6 nitrogen and oxygen atoms in total. The van der Waals surface area contributed by atoms with Gasteiger partial charge in [0.05, 0.1) is 27.9 Å². The van der Waals surface area contributed by atoms with Gasteiger partial charge in [0.25, 0.3) is 5.91 Å². The van der Waals surface area contributed by atoms with Gasteiger partial charge in [0.15, 0.2) is 15.0 Å². The smallest absolute Gasteiger partial charge is 0.260 e. The van der Waals surface area contributed by atoms with Gasteiger partial charge in [-0.25, -0.2) is 13.4 Å². The number of benzene rings is 2. The van der Waals surface area contributed by atoms with Gasteiger partial charge < -0.3 is 4.42 Å². The average molecular weight is 441 g/mol. The third-order valence-corrected chi connectivity index (χ3v) is 6.88.